The van der Waals surface area contributed by atoms with Crippen molar-refractivity contribution in [2.75, 3.05) is 19.6 Å². The first-order chi connectivity index (χ1) is 11.1. The molecule has 23 heavy (non-hydrogen) atoms. The molecule has 2 aliphatic heterocycles. The van der Waals surface area contributed by atoms with Gasteiger partial charge >= 0.3 is 0 Å². The predicted octanol–water partition coefficient (Wildman–Crippen LogP) is 3.95. The smallest absolute Gasteiger partial charge is 0.222 e. The van der Waals surface area contributed by atoms with Crippen molar-refractivity contribution in [2.24, 2.45) is 5.92 Å². The molecular formula is C19H27ClN2O. The Bertz CT molecular complexity index is 540. The number of likely N-dealkylation sites (tertiary alicyclic amines) is 2. The third-order valence-corrected chi connectivity index (χ3v) is 5.61. The number of benzene rings is 1. The third kappa shape index (κ3) is 4.48. The van der Waals surface area contributed by atoms with Gasteiger partial charge in [-0.3, -0.25) is 4.79 Å². The Hall–Kier alpha value is -1.06. The molecule has 1 unspecified atom stereocenters. The molecule has 0 N–H and O–H groups in total. The number of piperidine rings is 1. The molecule has 1 atom stereocenters. The van der Waals surface area contributed by atoms with E-state index in [4.69, 9.17) is 11.6 Å². The minimum Gasteiger partial charge on any atom is -0.338 e. The minimum absolute atomic E-state index is 0.290. The molecule has 3 rings (SSSR count). The van der Waals surface area contributed by atoms with Crippen molar-refractivity contribution in [3.8, 4) is 0 Å². The number of carbonyl (C=O) groups is 1. The summed E-state index contributed by atoms with van der Waals surface area (Å²) in [6, 6.07) is 8.42. The lowest BCUT2D eigenvalue weighted by atomic mass is 9.96. The standard InChI is InChI=1S/C19H27ClN2O/c1-15-7-10-21(11-8-15)18-5-6-19(23)22(12-9-18)14-16-3-2-4-17(20)13-16/h2-4,13,15,18H,5-12,14H2,1H3. The second kappa shape index (κ2) is 7.67. The predicted molar refractivity (Wildman–Crippen MR) is 94.5 cm³/mol. The summed E-state index contributed by atoms with van der Waals surface area (Å²) in [6.45, 7) is 6.30. The fourth-order valence-electron chi connectivity index (χ4n) is 3.80. The summed E-state index contributed by atoms with van der Waals surface area (Å²) in [5.74, 6) is 1.15. The Morgan fingerprint density at radius 1 is 1.13 bits per heavy atom. The van der Waals surface area contributed by atoms with Gasteiger partial charge in [0, 0.05) is 30.6 Å². The van der Waals surface area contributed by atoms with Crippen LogP contribution in [-0.4, -0.2) is 41.4 Å². The quantitative estimate of drug-likeness (QED) is 0.835. The number of nitrogens with zero attached hydrogens (tertiary/aromatic N) is 2. The second-order valence-electron chi connectivity index (χ2n) is 7.14. The van der Waals surface area contributed by atoms with Crippen LogP contribution in [0.3, 0.4) is 0 Å². The number of halogens is 1. The Morgan fingerprint density at radius 3 is 2.65 bits per heavy atom. The molecule has 4 heteroatoms. The summed E-state index contributed by atoms with van der Waals surface area (Å²) >= 11 is 6.06. The Kier molecular flexibility index (Phi) is 5.60. The van der Waals surface area contributed by atoms with Gasteiger partial charge in [0.1, 0.15) is 0 Å². The van der Waals surface area contributed by atoms with Crippen LogP contribution in [0.2, 0.25) is 5.02 Å². The number of amides is 1. The van der Waals surface area contributed by atoms with E-state index in [1.54, 1.807) is 0 Å². The van der Waals surface area contributed by atoms with Crippen molar-refractivity contribution in [1.82, 2.24) is 9.80 Å². The maximum atomic E-state index is 12.5. The van der Waals surface area contributed by atoms with Crippen LogP contribution in [0.4, 0.5) is 0 Å². The van der Waals surface area contributed by atoms with Crippen molar-refractivity contribution < 1.29 is 4.79 Å². The molecule has 3 nitrogen and oxygen atoms in total. The topological polar surface area (TPSA) is 23.6 Å². The SMILES string of the molecule is CC1CCN(C2CCC(=O)N(Cc3cccc(Cl)c3)CC2)CC1. The lowest BCUT2D eigenvalue weighted by Gasteiger charge is -2.36. The van der Waals surface area contributed by atoms with Crippen LogP contribution in [0.15, 0.2) is 24.3 Å². The fraction of sp³-hybridized carbons (Fsp3) is 0.632. The van der Waals surface area contributed by atoms with Crippen molar-refractivity contribution in [3.63, 3.8) is 0 Å². The average Bonchev–Trinajstić information content (AvgIpc) is 2.71. The van der Waals surface area contributed by atoms with E-state index in [1.807, 2.05) is 29.2 Å². The van der Waals surface area contributed by atoms with E-state index >= 15 is 0 Å². The summed E-state index contributed by atoms with van der Waals surface area (Å²) < 4.78 is 0. The lowest BCUT2D eigenvalue weighted by molar-refractivity contribution is -0.131. The molecule has 2 fully saturated rings. The Labute approximate surface area is 144 Å². The maximum absolute atomic E-state index is 12.5. The zero-order chi connectivity index (χ0) is 16.2. The van der Waals surface area contributed by atoms with Gasteiger partial charge in [-0.1, -0.05) is 30.7 Å². The zero-order valence-electron chi connectivity index (χ0n) is 14.0. The fourth-order valence-corrected chi connectivity index (χ4v) is 4.02. The molecule has 0 aliphatic carbocycles. The van der Waals surface area contributed by atoms with Gasteiger partial charge in [0.15, 0.2) is 0 Å². The molecule has 0 spiro atoms. The van der Waals surface area contributed by atoms with Crippen molar-refractivity contribution >= 4 is 17.5 Å². The largest absolute Gasteiger partial charge is 0.338 e. The summed E-state index contributed by atoms with van der Waals surface area (Å²) in [6.07, 6.45) is 5.39. The molecular weight excluding hydrogens is 308 g/mol. The molecule has 2 saturated heterocycles. The monoisotopic (exact) mass is 334 g/mol. The van der Waals surface area contributed by atoms with Gasteiger partial charge in [-0.05, 0) is 62.4 Å². The Balaban J connectivity index is 1.58. The zero-order valence-corrected chi connectivity index (χ0v) is 14.8. The first-order valence-electron chi connectivity index (χ1n) is 8.88. The summed E-state index contributed by atoms with van der Waals surface area (Å²) in [7, 11) is 0. The summed E-state index contributed by atoms with van der Waals surface area (Å²) in [5.41, 5.74) is 1.12. The maximum Gasteiger partial charge on any atom is 0.222 e. The average molecular weight is 335 g/mol. The number of hydrogen-bond donors (Lipinski definition) is 0. The van der Waals surface area contributed by atoms with Crippen LogP contribution in [0.1, 0.15) is 44.6 Å². The van der Waals surface area contributed by atoms with Crippen LogP contribution >= 0.6 is 11.6 Å². The molecule has 1 aromatic carbocycles. The van der Waals surface area contributed by atoms with Gasteiger partial charge in [0.05, 0.1) is 0 Å². The summed E-state index contributed by atoms with van der Waals surface area (Å²) in [4.78, 5) is 17.1. The van der Waals surface area contributed by atoms with Gasteiger partial charge in [0.2, 0.25) is 5.91 Å². The Morgan fingerprint density at radius 2 is 1.91 bits per heavy atom. The molecule has 0 aromatic heterocycles. The number of hydrogen-bond acceptors (Lipinski definition) is 2. The first kappa shape index (κ1) is 16.8. The van der Waals surface area contributed by atoms with E-state index in [0.717, 1.165) is 35.9 Å². The van der Waals surface area contributed by atoms with Crippen molar-refractivity contribution in [2.45, 2.75) is 51.6 Å². The second-order valence-corrected chi connectivity index (χ2v) is 7.58. The summed E-state index contributed by atoms with van der Waals surface area (Å²) in [5, 5.41) is 0.741. The number of rotatable bonds is 3. The molecule has 0 bridgehead atoms. The van der Waals surface area contributed by atoms with E-state index in [1.165, 1.54) is 25.9 Å². The molecule has 126 valence electrons. The lowest BCUT2D eigenvalue weighted by Crippen LogP contribution is -2.41. The highest BCUT2D eigenvalue weighted by atomic mass is 35.5. The minimum atomic E-state index is 0.290. The molecule has 2 heterocycles. The van der Waals surface area contributed by atoms with E-state index in [2.05, 4.69) is 11.8 Å². The van der Waals surface area contributed by atoms with Crippen LogP contribution in [0, 0.1) is 5.92 Å². The van der Waals surface area contributed by atoms with Gasteiger partial charge in [-0.2, -0.15) is 0 Å². The van der Waals surface area contributed by atoms with Crippen LogP contribution in [-0.2, 0) is 11.3 Å². The van der Waals surface area contributed by atoms with Crippen LogP contribution in [0.25, 0.3) is 0 Å². The highest BCUT2D eigenvalue weighted by molar-refractivity contribution is 6.30. The molecule has 0 radical (unpaired) electrons. The third-order valence-electron chi connectivity index (χ3n) is 5.37. The van der Waals surface area contributed by atoms with Gasteiger partial charge in [-0.25, -0.2) is 0 Å². The van der Waals surface area contributed by atoms with E-state index in [9.17, 15) is 4.79 Å². The highest BCUT2D eigenvalue weighted by Crippen LogP contribution is 2.25. The molecule has 1 aromatic rings. The molecule has 0 saturated carbocycles. The van der Waals surface area contributed by atoms with Crippen LogP contribution in [0.5, 0.6) is 0 Å². The van der Waals surface area contributed by atoms with Crippen LogP contribution < -0.4 is 0 Å². The van der Waals surface area contributed by atoms with Crippen molar-refractivity contribution in [1.29, 1.82) is 0 Å². The normalized spacial score (nSPS) is 24.7. The van der Waals surface area contributed by atoms with E-state index in [-0.39, 0.29) is 5.91 Å². The number of carbonyl (C=O) groups excluding carboxylic acids is 1. The first-order valence-corrected chi connectivity index (χ1v) is 9.26. The van der Waals surface area contributed by atoms with Gasteiger partial charge in [0.25, 0.3) is 0 Å². The van der Waals surface area contributed by atoms with E-state index < -0.39 is 0 Å². The molecule has 1 amide bonds. The van der Waals surface area contributed by atoms with Gasteiger partial charge in [-0.15, -0.1) is 0 Å². The van der Waals surface area contributed by atoms with Crippen molar-refractivity contribution in [3.05, 3.63) is 34.9 Å². The highest BCUT2D eigenvalue weighted by Gasteiger charge is 2.28. The van der Waals surface area contributed by atoms with E-state index in [0.29, 0.717) is 19.0 Å². The molecule has 2 aliphatic rings. The van der Waals surface area contributed by atoms with Gasteiger partial charge < -0.3 is 9.80 Å².